The van der Waals surface area contributed by atoms with E-state index in [2.05, 4.69) is 10.6 Å². The van der Waals surface area contributed by atoms with E-state index in [9.17, 15) is 4.79 Å². The number of hydroxylamine groups is 1. The minimum absolute atomic E-state index is 0.181. The van der Waals surface area contributed by atoms with Gasteiger partial charge in [-0.05, 0) is 19.8 Å². The number of hydrogen-bond donors (Lipinski definition) is 1. The lowest BCUT2D eigenvalue weighted by Gasteiger charge is -2.10. The molecule has 0 spiro atoms. The van der Waals surface area contributed by atoms with Crippen LogP contribution in [-0.4, -0.2) is 21.8 Å². The van der Waals surface area contributed by atoms with Gasteiger partial charge in [0.05, 0.1) is 17.4 Å². The minimum Gasteiger partial charge on any atom is -0.275 e. The van der Waals surface area contributed by atoms with Crippen LogP contribution in [0.15, 0.2) is 6.20 Å². The van der Waals surface area contributed by atoms with Crippen molar-refractivity contribution in [3.63, 3.8) is 0 Å². The number of amides is 1. The molecule has 0 aromatic carbocycles. The first kappa shape index (κ1) is 11.1. The topological polar surface area (TPSA) is 56.2 Å². The van der Waals surface area contributed by atoms with E-state index in [4.69, 9.17) is 4.84 Å². The predicted octanol–water partition coefficient (Wildman–Crippen LogP) is 1.33. The van der Waals surface area contributed by atoms with Crippen molar-refractivity contribution in [1.29, 1.82) is 0 Å². The fraction of sp³-hybridized carbons (Fsp3) is 0.636. The molecule has 0 bridgehead atoms. The Bertz CT molecular complexity index is 381. The lowest BCUT2D eigenvalue weighted by Crippen LogP contribution is -2.28. The molecule has 1 amide bonds. The van der Waals surface area contributed by atoms with E-state index >= 15 is 0 Å². The highest BCUT2D eigenvalue weighted by molar-refractivity contribution is 5.94. The molecular weight excluding hydrogens is 206 g/mol. The zero-order valence-electron chi connectivity index (χ0n) is 9.69. The molecule has 1 heterocycles. The molecule has 16 heavy (non-hydrogen) atoms. The van der Waals surface area contributed by atoms with Crippen molar-refractivity contribution in [2.45, 2.75) is 38.7 Å². The SMILES string of the molecule is Cc1nn(C)cc1C(=O)NOC1CCCC1. The van der Waals surface area contributed by atoms with E-state index in [0.29, 0.717) is 5.56 Å². The van der Waals surface area contributed by atoms with Gasteiger partial charge in [0, 0.05) is 13.2 Å². The number of rotatable bonds is 3. The van der Waals surface area contributed by atoms with Crippen molar-refractivity contribution in [1.82, 2.24) is 15.3 Å². The second kappa shape index (κ2) is 4.65. The van der Waals surface area contributed by atoms with Crippen molar-refractivity contribution < 1.29 is 9.63 Å². The van der Waals surface area contributed by atoms with Crippen molar-refractivity contribution in [2.75, 3.05) is 0 Å². The van der Waals surface area contributed by atoms with Crippen molar-refractivity contribution in [3.05, 3.63) is 17.5 Å². The van der Waals surface area contributed by atoms with E-state index in [0.717, 1.165) is 18.5 Å². The number of carbonyl (C=O) groups is 1. The van der Waals surface area contributed by atoms with Gasteiger partial charge in [0.15, 0.2) is 0 Å². The van der Waals surface area contributed by atoms with Crippen LogP contribution in [0.5, 0.6) is 0 Å². The predicted molar refractivity (Wildman–Crippen MR) is 58.8 cm³/mol. The minimum atomic E-state index is -0.211. The largest absolute Gasteiger partial charge is 0.278 e. The summed E-state index contributed by atoms with van der Waals surface area (Å²) in [7, 11) is 1.79. The molecule has 0 saturated heterocycles. The first-order valence-electron chi connectivity index (χ1n) is 5.63. The standard InChI is InChI=1S/C11H17N3O2/c1-8-10(7-14(2)12-8)11(15)13-16-9-5-3-4-6-9/h7,9H,3-6H2,1-2H3,(H,13,15). The van der Waals surface area contributed by atoms with Gasteiger partial charge in [-0.3, -0.25) is 14.3 Å². The summed E-state index contributed by atoms with van der Waals surface area (Å²) in [5.74, 6) is -0.211. The number of nitrogens with zero attached hydrogens (tertiary/aromatic N) is 2. The summed E-state index contributed by atoms with van der Waals surface area (Å²) >= 11 is 0. The summed E-state index contributed by atoms with van der Waals surface area (Å²) in [4.78, 5) is 17.1. The highest BCUT2D eigenvalue weighted by Crippen LogP contribution is 2.20. The number of nitrogens with one attached hydrogen (secondary N) is 1. The van der Waals surface area contributed by atoms with E-state index in [-0.39, 0.29) is 12.0 Å². The number of carbonyl (C=O) groups excluding carboxylic acids is 1. The van der Waals surface area contributed by atoms with Crippen LogP contribution < -0.4 is 5.48 Å². The van der Waals surface area contributed by atoms with Crippen LogP contribution in [0.4, 0.5) is 0 Å². The summed E-state index contributed by atoms with van der Waals surface area (Å²) in [5, 5.41) is 4.11. The monoisotopic (exact) mass is 223 g/mol. The Kier molecular flexibility index (Phi) is 3.24. The van der Waals surface area contributed by atoms with Gasteiger partial charge in [-0.25, -0.2) is 5.48 Å². The summed E-state index contributed by atoms with van der Waals surface area (Å²) < 4.78 is 1.62. The van der Waals surface area contributed by atoms with E-state index in [1.807, 2.05) is 6.92 Å². The first-order valence-corrected chi connectivity index (χ1v) is 5.63. The van der Waals surface area contributed by atoms with Gasteiger partial charge < -0.3 is 0 Å². The molecular formula is C11H17N3O2. The van der Waals surface area contributed by atoms with Gasteiger partial charge in [0.1, 0.15) is 0 Å². The Morgan fingerprint density at radius 3 is 2.81 bits per heavy atom. The highest BCUT2D eigenvalue weighted by atomic mass is 16.7. The van der Waals surface area contributed by atoms with Crippen molar-refractivity contribution >= 4 is 5.91 Å². The molecule has 2 rings (SSSR count). The number of hydrogen-bond acceptors (Lipinski definition) is 3. The molecule has 5 heteroatoms. The third kappa shape index (κ3) is 2.41. The smallest absolute Gasteiger partial charge is 0.275 e. The number of aromatic nitrogens is 2. The second-order valence-corrected chi connectivity index (χ2v) is 4.26. The van der Waals surface area contributed by atoms with Crippen LogP contribution in [0.25, 0.3) is 0 Å². The summed E-state index contributed by atoms with van der Waals surface area (Å²) in [6.45, 7) is 1.81. The van der Waals surface area contributed by atoms with Crippen LogP contribution >= 0.6 is 0 Å². The Morgan fingerprint density at radius 1 is 1.56 bits per heavy atom. The Balaban J connectivity index is 1.90. The van der Waals surface area contributed by atoms with Gasteiger partial charge in [-0.1, -0.05) is 12.8 Å². The van der Waals surface area contributed by atoms with Crippen LogP contribution in [0.3, 0.4) is 0 Å². The van der Waals surface area contributed by atoms with Gasteiger partial charge >= 0.3 is 0 Å². The van der Waals surface area contributed by atoms with E-state index in [1.54, 1.807) is 17.9 Å². The Morgan fingerprint density at radius 2 is 2.25 bits per heavy atom. The Hall–Kier alpha value is -1.36. The first-order chi connectivity index (χ1) is 7.66. The Labute approximate surface area is 94.7 Å². The average Bonchev–Trinajstić information content (AvgIpc) is 2.84. The van der Waals surface area contributed by atoms with E-state index < -0.39 is 0 Å². The fourth-order valence-corrected chi connectivity index (χ4v) is 2.02. The van der Waals surface area contributed by atoms with Crippen LogP contribution in [-0.2, 0) is 11.9 Å². The van der Waals surface area contributed by atoms with Gasteiger partial charge in [0.25, 0.3) is 5.91 Å². The van der Waals surface area contributed by atoms with Gasteiger partial charge in [-0.15, -0.1) is 0 Å². The second-order valence-electron chi connectivity index (χ2n) is 4.26. The van der Waals surface area contributed by atoms with Crippen LogP contribution in [0, 0.1) is 6.92 Å². The van der Waals surface area contributed by atoms with Gasteiger partial charge in [-0.2, -0.15) is 5.10 Å². The maximum Gasteiger partial charge on any atom is 0.278 e. The highest BCUT2D eigenvalue weighted by Gasteiger charge is 2.18. The molecule has 0 atom stereocenters. The zero-order chi connectivity index (χ0) is 11.5. The molecule has 1 aliphatic carbocycles. The normalized spacial score (nSPS) is 16.6. The lowest BCUT2D eigenvalue weighted by molar-refractivity contribution is -0.0125. The quantitative estimate of drug-likeness (QED) is 0.786. The molecule has 1 fully saturated rings. The summed E-state index contributed by atoms with van der Waals surface area (Å²) in [5.41, 5.74) is 3.79. The molecule has 88 valence electrons. The third-order valence-electron chi connectivity index (χ3n) is 2.88. The molecule has 1 N–H and O–H groups in total. The number of aryl methyl sites for hydroxylation is 2. The molecule has 0 aliphatic heterocycles. The molecule has 5 nitrogen and oxygen atoms in total. The fourth-order valence-electron chi connectivity index (χ4n) is 2.02. The van der Waals surface area contributed by atoms with Crippen molar-refractivity contribution in [2.24, 2.45) is 7.05 Å². The van der Waals surface area contributed by atoms with E-state index in [1.165, 1.54) is 12.8 Å². The van der Waals surface area contributed by atoms with Crippen LogP contribution in [0.1, 0.15) is 41.7 Å². The molecule has 1 aromatic heterocycles. The molecule has 0 unspecified atom stereocenters. The lowest BCUT2D eigenvalue weighted by atomic mass is 10.2. The molecule has 0 radical (unpaired) electrons. The maximum atomic E-state index is 11.7. The zero-order valence-corrected chi connectivity index (χ0v) is 9.69. The molecule has 1 saturated carbocycles. The summed E-state index contributed by atoms with van der Waals surface area (Å²) in [6, 6.07) is 0. The molecule has 1 aromatic rings. The molecule has 1 aliphatic rings. The summed E-state index contributed by atoms with van der Waals surface area (Å²) in [6.07, 6.45) is 6.32. The van der Waals surface area contributed by atoms with Gasteiger partial charge in [0.2, 0.25) is 0 Å². The van der Waals surface area contributed by atoms with Crippen molar-refractivity contribution in [3.8, 4) is 0 Å². The third-order valence-corrected chi connectivity index (χ3v) is 2.88. The van der Waals surface area contributed by atoms with Crippen LogP contribution in [0.2, 0.25) is 0 Å². The average molecular weight is 223 g/mol. The maximum absolute atomic E-state index is 11.7.